The third-order valence-electron chi connectivity index (χ3n) is 4.32. The molecule has 0 aliphatic rings. The van der Waals surface area contributed by atoms with Crippen LogP contribution in [0.3, 0.4) is 0 Å². The molecule has 0 bridgehead atoms. The molecule has 0 saturated heterocycles. The highest BCUT2D eigenvalue weighted by Crippen LogP contribution is 2.28. The molecular formula is C22H22BN. The van der Waals surface area contributed by atoms with Gasteiger partial charge in [0.2, 0.25) is 0 Å². The quantitative estimate of drug-likeness (QED) is 0.324. The Bertz CT molecular complexity index is 973. The van der Waals surface area contributed by atoms with Gasteiger partial charge >= 0.3 is 0 Å². The number of benzene rings is 4. The van der Waals surface area contributed by atoms with Crippen LogP contribution in [0.25, 0.3) is 32.3 Å². The van der Waals surface area contributed by atoms with Crippen LogP contribution in [0, 0.1) is 0 Å². The molecule has 0 heterocycles. The normalized spacial score (nSPS) is 10.8. The van der Waals surface area contributed by atoms with Crippen molar-refractivity contribution in [1.82, 2.24) is 0 Å². The summed E-state index contributed by atoms with van der Waals surface area (Å²) >= 11 is 0. The smallest absolute Gasteiger partial charge is 0.114 e. The van der Waals surface area contributed by atoms with Crippen LogP contribution in [0.1, 0.15) is 19.8 Å². The Morgan fingerprint density at radius 1 is 0.792 bits per heavy atom. The Morgan fingerprint density at radius 3 is 2.12 bits per heavy atom. The molecule has 4 aromatic carbocycles. The summed E-state index contributed by atoms with van der Waals surface area (Å²) in [5.74, 6) is 0. The predicted octanol–water partition coefficient (Wildman–Crippen LogP) is 4.69. The van der Waals surface area contributed by atoms with Crippen LogP contribution < -0.4 is 11.2 Å². The highest BCUT2D eigenvalue weighted by Gasteiger charge is 2.04. The number of fused-ring (bicyclic) bond motifs is 4. The molecule has 0 aliphatic heterocycles. The zero-order valence-electron chi connectivity index (χ0n) is 14.1. The molecule has 2 heteroatoms. The number of rotatable bonds is 2. The molecule has 0 atom stereocenters. The van der Waals surface area contributed by atoms with Gasteiger partial charge in [0.15, 0.2) is 0 Å². The fourth-order valence-electron chi connectivity index (χ4n) is 3.03. The highest BCUT2D eigenvalue weighted by atomic mass is 14.5. The van der Waals surface area contributed by atoms with E-state index in [4.69, 9.17) is 13.6 Å². The lowest BCUT2D eigenvalue weighted by atomic mass is 9.87. The molecule has 0 unspecified atom stereocenters. The minimum absolute atomic E-state index is 0.844. The second kappa shape index (κ2) is 7.50. The van der Waals surface area contributed by atoms with E-state index in [1.807, 2.05) is 12.1 Å². The Morgan fingerprint density at radius 2 is 1.46 bits per heavy atom. The first-order valence-electron chi connectivity index (χ1n) is 8.54. The van der Waals surface area contributed by atoms with Gasteiger partial charge in [0.05, 0.1) is 0 Å². The van der Waals surface area contributed by atoms with Crippen molar-refractivity contribution in [3.05, 3.63) is 66.7 Å². The van der Waals surface area contributed by atoms with Crippen molar-refractivity contribution in [3.63, 3.8) is 0 Å². The maximum Gasteiger partial charge on any atom is 0.114 e. The number of hydrogen-bond acceptors (Lipinski definition) is 1. The maximum atomic E-state index is 6.17. The lowest BCUT2D eigenvalue weighted by Crippen LogP contribution is -2.03. The zero-order valence-corrected chi connectivity index (χ0v) is 14.1. The fourth-order valence-corrected chi connectivity index (χ4v) is 3.03. The Balaban J connectivity index is 0.000000300. The lowest BCUT2D eigenvalue weighted by molar-refractivity contribution is 0.807. The first-order chi connectivity index (χ1) is 11.7. The Kier molecular flexibility index (Phi) is 5.17. The number of nitrogens with two attached hydrogens (primary N) is 1. The second-order valence-electron chi connectivity index (χ2n) is 6.07. The van der Waals surface area contributed by atoms with Crippen molar-refractivity contribution < 1.29 is 0 Å². The number of unbranched alkanes of at least 4 members (excludes halogenated alkanes) is 1. The van der Waals surface area contributed by atoms with Gasteiger partial charge in [0.1, 0.15) is 7.85 Å². The van der Waals surface area contributed by atoms with Gasteiger partial charge in [0.25, 0.3) is 0 Å². The molecule has 24 heavy (non-hydrogen) atoms. The minimum Gasteiger partial charge on any atom is -0.330 e. The summed E-state index contributed by atoms with van der Waals surface area (Å²) in [5, 5.41) is 7.35. The molecule has 0 aliphatic carbocycles. The summed E-state index contributed by atoms with van der Waals surface area (Å²) in [6.07, 6.45) is 2.39. The molecular weight excluding hydrogens is 289 g/mol. The van der Waals surface area contributed by atoms with Crippen molar-refractivity contribution >= 4 is 45.6 Å². The van der Waals surface area contributed by atoms with Crippen LogP contribution in [-0.4, -0.2) is 14.4 Å². The van der Waals surface area contributed by atoms with E-state index in [0.717, 1.165) is 17.4 Å². The monoisotopic (exact) mass is 311 g/mol. The Hall–Kier alpha value is -2.32. The summed E-state index contributed by atoms with van der Waals surface area (Å²) in [7, 11) is 6.17. The summed E-state index contributed by atoms with van der Waals surface area (Å²) in [6.45, 7) is 2.98. The van der Waals surface area contributed by atoms with Crippen LogP contribution in [0.5, 0.6) is 0 Å². The van der Waals surface area contributed by atoms with Gasteiger partial charge in [-0.15, -0.1) is 0 Å². The van der Waals surface area contributed by atoms with E-state index in [2.05, 4.69) is 61.5 Å². The first kappa shape index (κ1) is 16.5. The van der Waals surface area contributed by atoms with Crippen LogP contribution in [-0.2, 0) is 0 Å². The van der Waals surface area contributed by atoms with Crippen LogP contribution in [0.4, 0.5) is 0 Å². The maximum absolute atomic E-state index is 6.17. The van der Waals surface area contributed by atoms with Crippen molar-refractivity contribution in [2.75, 3.05) is 6.54 Å². The van der Waals surface area contributed by atoms with E-state index in [9.17, 15) is 0 Å². The van der Waals surface area contributed by atoms with Gasteiger partial charge in [-0.25, -0.2) is 0 Å². The van der Waals surface area contributed by atoms with Crippen LogP contribution >= 0.6 is 0 Å². The minimum atomic E-state index is 0.844. The highest BCUT2D eigenvalue weighted by molar-refractivity contribution is 6.41. The molecule has 4 rings (SSSR count). The van der Waals surface area contributed by atoms with Gasteiger partial charge in [-0.3, -0.25) is 0 Å². The molecule has 0 aromatic heterocycles. The summed E-state index contributed by atoms with van der Waals surface area (Å²) < 4.78 is 0. The Labute approximate surface area is 144 Å². The van der Waals surface area contributed by atoms with E-state index in [0.29, 0.717) is 0 Å². The van der Waals surface area contributed by atoms with Crippen LogP contribution in [0.15, 0.2) is 66.7 Å². The molecule has 0 fully saturated rings. The first-order valence-corrected chi connectivity index (χ1v) is 8.54. The van der Waals surface area contributed by atoms with E-state index in [-0.39, 0.29) is 0 Å². The van der Waals surface area contributed by atoms with Crippen molar-refractivity contribution in [3.8, 4) is 0 Å². The second-order valence-corrected chi connectivity index (χ2v) is 6.07. The van der Waals surface area contributed by atoms with Gasteiger partial charge in [-0.2, -0.15) is 0 Å². The molecule has 4 aromatic rings. The van der Waals surface area contributed by atoms with Crippen molar-refractivity contribution in [1.29, 1.82) is 0 Å². The molecule has 1 nitrogen and oxygen atoms in total. The average Bonchev–Trinajstić information content (AvgIpc) is 2.61. The number of hydrogen-bond donors (Lipinski definition) is 1. The molecule has 118 valence electrons. The molecule has 0 spiro atoms. The standard InChI is InChI=1S/C18H11B.C4H11N/c19-17-7-3-6-12-8-9-15-10-13-4-1-2-5-14(13)11-16(15)18(12)17;1-2-3-4-5/h1-11H;2-5H2,1H3. The largest absolute Gasteiger partial charge is 0.330 e. The van der Waals surface area contributed by atoms with E-state index < -0.39 is 0 Å². The molecule has 2 N–H and O–H groups in total. The van der Waals surface area contributed by atoms with E-state index >= 15 is 0 Å². The van der Waals surface area contributed by atoms with Gasteiger partial charge in [-0.05, 0) is 57.4 Å². The molecule has 0 saturated carbocycles. The zero-order chi connectivity index (χ0) is 16.9. The average molecular weight is 311 g/mol. The summed E-state index contributed by atoms with van der Waals surface area (Å²) in [5.41, 5.74) is 5.98. The van der Waals surface area contributed by atoms with E-state index in [1.165, 1.54) is 39.8 Å². The molecule has 2 radical (unpaired) electrons. The molecule has 0 amide bonds. The van der Waals surface area contributed by atoms with E-state index in [1.54, 1.807) is 0 Å². The van der Waals surface area contributed by atoms with Crippen LogP contribution in [0.2, 0.25) is 0 Å². The topological polar surface area (TPSA) is 26.0 Å². The summed E-state index contributed by atoms with van der Waals surface area (Å²) in [6, 6.07) is 23.3. The van der Waals surface area contributed by atoms with Gasteiger partial charge < -0.3 is 5.73 Å². The fraction of sp³-hybridized carbons (Fsp3) is 0.182. The predicted molar refractivity (Wildman–Crippen MR) is 108 cm³/mol. The summed E-state index contributed by atoms with van der Waals surface area (Å²) in [4.78, 5) is 0. The van der Waals surface area contributed by atoms with Crippen molar-refractivity contribution in [2.45, 2.75) is 19.8 Å². The lowest BCUT2D eigenvalue weighted by Gasteiger charge is -2.09. The third kappa shape index (κ3) is 3.29. The van der Waals surface area contributed by atoms with Gasteiger partial charge in [0, 0.05) is 0 Å². The van der Waals surface area contributed by atoms with Crippen molar-refractivity contribution in [2.24, 2.45) is 5.73 Å². The SMILES string of the molecule is CCCCN.[B]c1cccc2ccc3cc4ccccc4cc3c12. The third-order valence-corrected chi connectivity index (χ3v) is 4.32. The van der Waals surface area contributed by atoms with Gasteiger partial charge in [-0.1, -0.05) is 73.4 Å².